The fraction of sp³-hybridized carbons (Fsp3) is 0.538. The van der Waals surface area contributed by atoms with Gasteiger partial charge < -0.3 is 0 Å². The maximum Gasteiger partial charge on any atom is 0.155 e. The van der Waals surface area contributed by atoms with Crippen LogP contribution in [0.3, 0.4) is 0 Å². The summed E-state index contributed by atoms with van der Waals surface area (Å²) in [6.45, 7) is 8.29. The molecule has 0 radical (unpaired) electrons. The molecular weight excluding hydrogens is 184 g/mol. The van der Waals surface area contributed by atoms with E-state index < -0.39 is 8.07 Å². The van der Waals surface area contributed by atoms with Gasteiger partial charge in [-0.2, -0.15) is 0 Å². The summed E-state index contributed by atoms with van der Waals surface area (Å²) in [5.74, 6) is 3.22. The van der Waals surface area contributed by atoms with E-state index in [0.717, 1.165) is 0 Å². The molecule has 1 fully saturated rings. The molecule has 0 aromatic heterocycles. The maximum atomic E-state index is 3.84. The van der Waals surface area contributed by atoms with Gasteiger partial charge in [0.2, 0.25) is 0 Å². The summed E-state index contributed by atoms with van der Waals surface area (Å²) < 4.78 is 0. The van der Waals surface area contributed by atoms with Crippen molar-refractivity contribution in [2.75, 3.05) is 0 Å². The molecule has 1 heteroatoms. The van der Waals surface area contributed by atoms with Crippen molar-refractivity contribution in [3.8, 4) is 11.5 Å². The van der Waals surface area contributed by atoms with Gasteiger partial charge in [-0.05, 0) is 31.8 Å². The van der Waals surface area contributed by atoms with Crippen molar-refractivity contribution in [1.82, 2.24) is 0 Å². The first-order chi connectivity index (χ1) is 6.64. The molecule has 0 aliphatic heterocycles. The fourth-order valence-electron chi connectivity index (χ4n) is 1.53. The molecule has 0 bridgehead atoms. The molecule has 1 saturated carbocycles. The molecule has 0 unspecified atom stereocenters. The van der Waals surface area contributed by atoms with E-state index in [-0.39, 0.29) is 0 Å². The summed E-state index contributed by atoms with van der Waals surface area (Å²) in [4.78, 5) is 0. The first-order valence-electron chi connectivity index (χ1n) is 5.48. The third kappa shape index (κ3) is 3.98. The van der Waals surface area contributed by atoms with E-state index in [4.69, 9.17) is 0 Å². The Labute approximate surface area is 89.1 Å². The highest BCUT2D eigenvalue weighted by Crippen LogP contribution is 2.22. The van der Waals surface area contributed by atoms with Gasteiger partial charge in [-0.15, -0.1) is 12.1 Å². The molecule has 76 valence electrons. The lowest BCUT2D eigenvalue weighted by atomic mass is 9.95. The van der Waals surface area contributed by atoms with Crippen LogP contribution in [-0.2, 0) is 0 Å². The summed E-state index contributed by atoms with van der Waals surface area (Å²) >= 11 is 0. The Morgan fingerprint density at radius 2 is 1.86 bits per heavy atom. The Morgan fingerprint density at radius 1 is 1.21 bits per heavy atom. The van der Waals surface area contributed by atoms with Crippen LogP contribution in [0.25, 0.3) is 0 Å². The first-order valence-corrected chi connectivity index (χ1v) is 8.56. The van der Waals surface area contributed by atoms with Crippen LogP contribution in [0.15, 0.2) is 23.9 Å². The van der Waals surface area contributed by atoms with Crippen LogP contribution in [0, 0.1) is 11.5 Å². The lowest BCUT2D eigenvalue weighted by molar-refractivity contribution is 0.599. The predicted octanol–water partition coefficient (Wildman–Crippen LogP) is 3.85. The van der Waals surface area contributed by atoms with Crippen LogP contribution in [0.2, 0.25) is 13.1 Å². The van der Waals surface area contributed by atoms with Gasteiger partial charge in [-0.1, -0.05) is 36.7 Å². The topological polar surface area (TPSA) is 0 Å². The lowest BCUT2D eigenvalue weighted by Gasteiger charge is -2.11. The van der Waals surface area contributed by atoms with Crippen LogP contribution in [-0.4, -0.2) is 8.07 Å². The zero-order valence-corrected chi connectivity index (χ0v) is 10.4. The largest absolute Gasteiger partial charge is 0.155 e. The Morgan fingerprint density at radius 3 is 2.43 bits per heavy atom. The van der Waals surface area contributed by atoms with Gasteiger partial charge >= 0.3 is 0 Å². The van der Waals surface area contributed by atoms with Crippen LogP contribution < -0.4 is 0 Å². The van der Waals surface area contributed by atoms with E-state index in [1.54, 1.807) is 5.57 Å². The fourth-order valence-corrected chi connectivity index (χ4v) is 2.07. The van der Waals surface area contributed by atoms with E-state index in [1.165, 1.54) is 32.1 Å². The third-order valence-corrected chi connectivity index (χ3v) is 4.49. The predicted molar refractivity (Wildman–Crippen MR) is 66.6 cm³/mol. The Kier molecular flexibility index (Phi) is 4.22. The number of rotatable bonds is 1. The summed E-state index contributed by atoms with van der Waals surface area (Å²) in [6, 6.07) is 0. The van der Waals surface area contributed by atoms with Crippen molar-refractivity contribution in [2.24, 2.45) is 0 Å². The van der Waals surface area contributed by atoms with Gasteiger partial charge in [-0.25, -0.2) is 0 Å². The highest BCUT2D eigenvalue weighted by Gasteiger charge is 2.10. The highest BCUT2D eigenvalue weighted by atomic mass is 28.3. The van der Waals surface area contributed by atoms with Crippen molar-refractivity contribution >= 4 is 8.07 Å². The summed E-state index contributed by atoms with van der Waals surface area (Å²) in [5, 5.41) is 0. The first kappa shape index (κ1) is 11.3. The van der Waals surface area contributed by atoms with Gasteiger partial charge in [0.25, 0.3) is 0 Å². The summed E-state index contributed by atoms with van der Waals surface area (Å²) in [7, 11) is -1.40. The molecule has 0 nitrogen and oxygen atoms in total. The Balaban J connectivity index is 2.55. The number of hydrogen-bond acceptors (Lipinski definition) is 0. The lowest BCUT2D eigenvalue weighted by Crippen LogP contribution is -2.19. The summed E-state index contributed by atoms with van der Waals surface area (Å²) in [5.41, 5.74) is 6.94. The number of allylic oxidation sites excluding steroid dienone is 2. The van der Waals surface area contributed by atoms with Crippen molar-refractivity contribution < 1.29 is 0 Å². The van der Waals surface area contributed by atoms with Crippen LogP contribution in [0.5, 0.6) is 0 Å². The molecule has 1 aliphatic rings. The van der Waals surface area contributed by atoms with Gasteiger partial charge in [0.05, 0.1) is 0 Å². The van der Waals surface area contributed by atoms with Crippen LogP contribution in [0.4, 0.5) is 0 Å². The minimum absolute atomic E-state index is 1.27. The molecule has 0 saturated heterocycles. The van der Waals surface area contributed by atoms with Gasteiger partial charge in [-0.3, -0.25) is 0 Å². The van der Waals surface area contributed by atoms with Gasteiger partial charge in [0.1, 0.15) is 0 Å². The second-order valence-corrected chi connectivity index (χ2v) is 8.66. The average molecular weight is 204 g/mol. The molecule has 1 rings (SSSR count). The highest BCUT2D eigenvalue weighted by molar-refractivity contribution is 6.89. The van der Waals surface area contributed by atoms with Gasteiger partial charge in [0.15, 0.2) is 8.07 Å². The van der Waals surface area contributed by atoms with Gasteiger partial charge in [0, 0.05) is 0 Å². The molecule has 0 atom stereocenters. The average Bonchev–Trinajstić information content (AvgIpc) is 2.19. The van der Waals surface area contributed by atoms with E-state index in [1.807, 2.05) is 5.70 Å². The normalized spacial score (nSPS) is 16.9. The maximum absolute atomic E-state index is 3.84. The molecule has 1 aliphatic carbocycles. The van der Waals surface area contributed by atoms with Crippen molar-refractivity contribution in [3.05, 3.63) is 23.9 Å². The molecule has 0 aromatic carbocycles. The monoisotopic (exact) mass is 204 g/mol. The minimum atomic E-state index is -1.40. The van der Waals surface area contributed by atoms with E-state index in [0.29, 0.717) is 0 Å². The molecule has 0 spiro atoms. The Bertz CT molecular complexity index is 278. The summed E-state index contributed by atoms with van der Waals surface area (Å²) in [6.07, 6.45) is 8.80. The van der Waals surface area contributed by atoms with Crippen LogP contribution >= 0.6 is 0 Å². The molecule has 0 heterocycles. The molecule has 0 aromatic rings. The third-order valence-electron chi connectivity index (χ3n) is 2.68. The van der Waals surface area contributed by atoms with Crippen LogP contribution in [0.1, 0.15) is 32.1 Å². The van der Waals surface area contributed by atoms with Crippen molar-refractivity contribution in [1.29, 1.82) is 0 Å². The molecular formula is C13H20Si. The standard InChI is InChI=1S/C13H20Si/c1-4-14(2,3)12-8-11-13-9-6-5-7-10-13/h4,11H,1,5-7,9-10H2,2-3H3. The van der Waals surface area contributed by atoms with E-state index in [2.05, 4.69) is 37.2 Å². The molecule has 0 amide bonds. The number of hydrogen-bond donors (Lipinski definition) is 0. The zero-order valence-electron chi connectivity index (χ0n) is 9.40. The second kappa shape index (κ2) is 5.22. The molecule has 0 N–H and O–H groups in total. The quantitative estimate of drug-likeness (QED) is 0.449. The molecule has 14 heavy (non-hydrogen) atoms. The van der Waals surface area contributed by atoms with Crippen molar-refractivity contribution in [3.63, 3.8) is 0 Å². The smallest absolute Gasteiger partial charge is 0.122 e. The van der Waals surface area contributed by atoms with Crippen molar-refractivity contribution in [2.45, 2.75) is 45.2 Å². The zero-order chi connectivity index (χ0) is 10.4. The Hall–Kier alpha value is -0.743. The SMILES string of the molecule is C=C[Si](C)(C)C#CC=C1CCCCC1. The van der Waals surface area contributed by atoms with E-state index in [9.17, 15) is 0 Å². The van der Waals surface area contributed by atoms with E-state index >= 15 is 0 Å². The minimum Gasteiger partial charge on any atom is -0.122 e. The second-order valence-electron chi connectivity index (χ2n) is 4.56.